The van der Waals surface area contributed by atoms with Crippen LogP contribution in [0.2, 0.25) is 5.02 Å². The summed E-state index contributed by atoms with van der Waals surface area (Å²) in [5.74, 6) is 2.46. The average molecular weight is 591 g/mol. The van der Waals surface area contributed by atoms with E-state index in [1.165, 1.54) is 5.56 Å². The second kappa shape index (κ2) is 13.7. The zero-order chi connectivity index (χ0) is 29.4. The maximum Gasteiger partial charge on any atom is 0.225 e. The van der Waals surface area contributed by atoms with Crippen LogP contribution in [0.1, 0.15) is 35.4 Å². The number of hydrogen-bond acceptors (Lipinski definition) is 5. The number of ether oxygens (including phenoxy) is 3. The van der Waals surface area contributed by atoms with Crippen LogP contribution in [0.3, 0.4) is 0 Å². The first-order valence-corrected chi connectivity index (χ1v) is 15.1. The molecule has 0 amide bonds. The third-order valence-electron chi connectivity index (χ3n) is 7.96. The van der Waals surface area contributed by atoms with Gasteiger partial charge in [-0.2, -0.15) is 4.98 Å². The maximum absolute atomic E-state index is 6.93. The summed E-state index contributed by atoms with van der Waals surface area (Å²) < 4.78 is 17.6. The topological polar surface area (TPSA) is 43.8 Å². The minimum atomic E-state index is 0.401. The maximum atomic E-state index is 6.93. The highest BCUT2D eigenvalue weighted by atomic mass is 35.5. The molecule has 1 aliphatic heterocycles. The third kappa shape index (κ3) is 7.12. The number of benzene rings is 4. The van der Waals surface area contributed by atoms with Gasteiger partial charge < -0.3 is 19.1 Å². The first-order valence-electron chi connectivity index (χ1n) is 14.7. The highest BCUT2D eigenvalue weighted by Gasteiger charge is 2.23. The molecule has 0 bridgehead atoms. The number of anilines is 1. The number of halogens is 1. The van der Waals surface area contributed by atoms with Crippen LogP contribution in [0.25, 0.3) is 11.1 Å². The lowest BCUT2D eigenvalue weighted by molar-refractivity contribution is 0.268. The van der Waals surface area contributed by atoms with Gasteiger partial charge in [-0.15, -0.1) is 0 Å². The quantitative estimate of drug-likeness (QED) is 0.162. The highest BCUT2D eigenvalue weighted by molar-refractivity contribution is 6.33. The van der Waals surface area contributed by atoms with Gasteiger partial charge >= 0.3 is 0 Å². The van der Waals surface area contributed by atoms with Crippen molar-refractivity contribution in [2.24, 2.45) is 0 Å². The lowest BCUT2D eigenvalue weighted by atomic mass is 9.89. The minimum Gasteiger partial charge on any atom is -0.497 e. The molecule has 6 heteroatoms. The molecule has 0 spiro atoms. The molecule has 0 N–H and O–H groups in total. The Hall–Kier alpha value is -4.48. The Bertz CT molecular complexity index is 1620. The summed E-state index contributed by atoms with van der Waals surface area (Å²) in [4.78, 5) is 7.15. The summed E-state index contributed by atoms with van der Waals surface area (Å²) in [7, 11) is 1.70. The zero-order valence-electron chi connectivity index (χ0n) is 24.3. The van der Waals surface area contributed by atoms with Crippen molar-refractivity contribution in [2.75, 3.05) is 25.1 Å². The highest BCUT2D eigenvalue weighted by Crippen LogP contribution is 2.38. The number of aromatic nitrogens is 1. The van der Waals surface area contributed by atoms with Crippen molar-refractivity contribution in [2.45, 2.75) is 32.0 Å². The Labute approximate surface area is 258 Å². The predicted molar refractivity (Wildman–Crippen MR) is 173 cm³/mol. The molecule has 4 aromatic carbocycles. The summed E-state index contributed by atoms with van der Waals surface area (Å²) in [6, 6.07) is 38.7. The van der Waals surface area contributed by atoms with E-state index in [0.29, 0.717) is 30.9 Å². The van der Waals surface area contributed by atoms with Crippen LogP contribution >= 0.6 is 11.6 Å². The molecule has 6 rings (SSSR count). The fourth-order valence-electron chi connectivity index (χ4n) is 5.55. The molecule has 5 nitrogen and oxygen atoms in total. The summed E-state index contributed by atoms with van der Waals surface area (Å²) in [6.07, 6.45) is 2.16. The zero-order valence-corrected chi connectivity index (χ0v) is 25.0. The minimum absolute atomic E-state index is 0.401. The predicted octanol–water partition coefficient (Wildman–Crippen LogP) is 8.95. The molecule has 0 unspecified atom stereocenters. The van der Waals surface area contributed by atoms with Crippen molar-refractivity contribution >= 4 is 17.3 Å². The van der Waals surface area contributed by atoms with E-state index in [1.54, 1.807) is 7.11 Å². The molecular formula is C37H35ClN2O3. The smallest absolute Gasteiger partial charge is 0.225 e. The largest absolute Gasteiger partial charge is 0.497 e. The molecule has 0 saturated carbocycles. The first kappa shape index (κ1) is 28.6. The lowest BCUT2D eigenvalue weighted by Crippen LogP contribution is -2.33. The van der Waals surface area contributed by atoms with Crippen LogP contribution in [0.4, 0.5) is 5.69 Å². The molecule has 2 heterocycles. The molecule has 0 atom stereocenters. The number of piperidine rings is 1. The molecule has 218 valence electrons. The number of hydrogen-bond donors (Lipinski definition) is 0. The summed E-state index contributed by atoms with van der Waals surface area (Å²) in [5.41, 5.74) is 6.39. The van der Waals surface area contributed by atoms with E-state index in [2.05, 4.69) is 29.2 Å². The van der Waals surface area contributed by atoms with E-state index >= 15 is 0 Å². The van der Waals surface area contributed by atoms with Crippen molar-refractivity contribution in [1.29, 1.82) is 0 Å². The Morgan fingerprint density at radius 1 is 0.744 bits per heavy atom. The molecule has 0 aliphatic carbocycles. The molecule has 1 aliphatic rings. The van der Waals surface area contributed by atoms with Crippen molar-refractivity contribution < 1.29 is 14.2 Å². The SMILES string of the molecule is COc1ccc(C2CCN(c3ccc(-c4ccc(OCc5ccccc5)nc4OCc4ccccc4)cc3Cl)CC2)cc1. The molecular weight excluding hydrogens is 556 g/mol. The van der Waals surface area contributed by atoms with Gasteiger partial charge in [-0.3, -0.25) is 0 Å². The Morgan fingerprint density at radius 3 is 2.02 bits per heavy atom. The lowest BCUT2D eigenvalue weighted by Gasteiger charge is -2.34. The van der Waals surface area contributed by atoms with E-state index in [9.17, 15) is 0 Å². The standard InChI is InChI=1S/C37H35ClN2O3/c1-41-32-15-12-29(13-16-32)30-20-22-40(23-21-30)35-18-14-31(24-34(35)38)33-17-19-36(42-25-27-8-4-2-5-9-27)39-37(33)43-26-28-10-6-3-7-11-28/h2-19,24,30H,20-23,25-26H2,1H3. The van der Waals surface area contributed by atoms with Gasteiger partial charge in [0.05, 0.1) is 17.8 Å². The molecule has 0 radical (unpaired) electrons. The fourth-order valence-corrected chi connectivity index (χ4v) is 5.85. The second-order valence-electron chi connectivity index (χ2n) is 10.8. The summed E-state index contributed by atoms with van der Waals surface area (Å²) in [5, 5.41) is 0.721. The van der Waals surface area contributed by atoms with E-state index in [0.717, 1.165) is 64.6 Å². The molecule has 43 heavy (non-hydrogen) atoms. The Kier molecular flexibility index (Phi) is 9.10. The van der Waals surface area contributed by atoms with Crippen LogP contribution in [0.5, 0.6) is 17.5 Å². The Balaban J connectivity index is 1.18. The average Bonchev–Trinajstić information content (AvgIpc) is 3.07. The van der Waals surface area contributed by atoms with E-state index in [-0.39, 0.29) is 0 Å². The van der Waals surface area contributed by atoms with Gasteiger partial charge in [-0.1, -0.05) is 90.5 Å². The van der Waals surface area contributed by atoms with Gasteiger partial charge in [0, 0.05) is 24.7 Å². The van der Waals surface area contributed by atoms with Crippen molar-refractivity contribution in [3.63, 3.8) is 0 Å². The van der Waals surface area contributed by atoms with Gasteiger partial charge in [0.25, 0.3) is 0 Å². The number of methoxy groups -OCH3 is 1. The van der Waals surface area contributed by atoms with Gasteiger partial charge in [0.15, 0.2) is 0 Å². The van der Waals surface area contributed by atoms with Gasteiger partial charge in [0.2, 0.25) is 11.8 Å². The van der Waals surface area contributed by atoms with Crippen LogP contribution in [0, 0.1) is 0 Å². The van der Waals surface area contributed by atoms with E-state index in [1.807, 2.05) is 91.0 Å². The third-order valence-corrected chi connectivity index (χ3v) is 8.27. The van der Waals surface area contributed by atoms with Crippen LogP contribution in [-0.2, 0) is 13.2 Å². The van der Waals surface area contributed by atoms with Crippen molar-refractivity contribution in [3.05, 3.63) is 137 Å². The van der Waals surface area contributed by atoms with E-state index in [4.69, 9.17) is 30.8 Å². The van der Waals surface area contributed by atoms with Crippen molar-refractivity contribution in [3.8, 4) is 28.6 Å². The van der Waals surface area contributed by atoms with Gasteiger partial charge in [-0.05, 0) is 71.3 Å². The van der Waals surface area contributed by atoms with Crippen LogP contribution in [-0.4, -0.2) is 25.2 Å². The number of nitrogens with zero attached hydrogens (tertiary/aromatic N) is 2. The molecule has 5 aromatic rings. The molecule has 1 saturated heterocycles. The van der Waals surface area contributed by atoms with Crippen LogP contribution in [0.15, 0.2) is 115 Å². The first-order chi connectivity index (χ1) is 21.2. The number of pyridine rings is 1. The van der Waals surface area contributed by atoms with Crippen molar-refractivity contribution in [1.82, 2.24) is 4.98 Å². The fraction of sp³-hybridized carbons (Fsp3) is 0.216. The monoisotopic (exact) mass is 590 g/mol. The molecule has 1 aromatic heterocycles. The number of rotatable bonds is 10. The van der Waals surface area contributed by atoms with Gasteiger partial charge in [-0.25, -0.2) is 0 Å². The van der Waals surface area contributed by atoms with E-state index < -0.39 is 0 Å². The Morgan fingerprint density at radius 2 is 1.40 bits per heavy atom. The second-order valence-corrected chi connectivity index (χ2v) is 11.2. The summed E-state index contributed by atoms with van der Waals surface area (Å²) >= 11 is 6.93. The normalized spacial score (nSPS) is 13.5. The van der Waals surface area contributed by atoms with Crippen LogP contribution < -0.4 is 19.1 Å². The summed E-state index contributed by atoms with van der Waals surface area (Å²) in [6.45, 7) is 2.74. The van der Waals surface area contributed by atoms with Gasteiger partial charge in [0.1, 0.15) is 19.0 Å². The molecule has 1 fully saturated rings.